The summed E-state index contributed by atoms with van der Waals surface area (Å²) in [6.45, 7) is 1.38. The number of carbonyl (C=O) groups excluding carboxylic acids is 1. The van der Waals surface area contributed by atoms with E-state index in [1.54, 1.807) is 24.3 Å². The summed E-state index contributed by atoms with van der Waals surface area (Å²) in [5.41, 5.74) is 2.87. The van der Waals surface area contributed by atoms with E-state index in [2.05, 4.69) is 11.1 Å². The molecule has 0 unspecified atom stereocenters. The van der Waals surface area contributed by atoms with Gasteiger partial charge in [0.15, 0.2) is 5.56 Å². The van der Waals surface area contributed by atoms with Crippen LogP contribution in [0.25, 0.3) is 11.0 Å². The summed E-state index contributed by atoms with van der Waals surface area (Å²) in [7, 11) is 0. The molecule has 0 saturated carbocycles. The van der Waals surface area contributed by atoms with E-state index in [0.29, 0.717) is 11.9 Å². The number of rotatable bonds is 7. The molecule has 0 aliphatic heterocycles. The Morgan fingerprint density at radius 1 is 1.18 bits per heavy atom. The van der Waals surface area contributed by atoms with Gasteiger partial charge in [0, 0.05) is 6.54 Å². The number of para-hydroxylation sites is 1. The van der Waals surface area contributed by atoms with Crippen LogP contribution in [0.5, 0.6) is 5.75 Å². The minimum absolute atomic E-state index is 0.259. The summed E-state index contributed by atoms with van der Waals surface area (Å²) in [5, 5.41) is 13.1. The number of amides is 1. The second-order valence-corrected chi connectivity index (χ2v) is 5.13. The number of nitrogens with one attached hydrogen (secondary N) is 1. The average molecular weight is 305 g/mol. The number of hydrogen-bond acceptors (Lipinski definition) is 4. The van der Waals surface area contributed by atoms with Gasteiger partial charge in [-0.2, -0.15) is 0 Å². The molecule has 0 radical (unpaired) electrons. The molecule has 1 aromatic carbocycles. The molecule has 1 heterocycles. The monoisotopic (exact) mass is 305 g/mol. The maximum atomic E-state index is 12.1. The van der Waals surface area contributed by atoms with Crippen LogP contribution < -0.4 is 16.7 Å². The van der Waals surface area contributed by atoms with Crippen LogP contribution >= 0.6 is 0 Å². The van der Waals surface area contributed by atoms with Gasteiger partial charge >= 0.3 is 5.63 Å². The average Bonchev–Trinajstić information content (AvgIpc) is 2.51. The zero-order valence-corrected chi connectivity index (χ0v) is 12.4. The Labute approximate surface area is 127 Å². The molecule has 0 aliphatic rings. The molecular formula is C16H21N2O4+. The third kappa shape index (κ3) is 3.65. The normalized spacial score (nSPS) is 10.8. The van der Waals surface area contributed by atoms with Crippen molar-refractivity contribution in [3.63, 3.8) is 0 Å². The molecule has 1 aromatic heterocycles. The summed E-state index contributed by atoms with van der Waals surface area (Å²) in [6, 6.07) is 6.56. The Kier molecular flexibility index (Phi) is 5.55. The molecule has 6 nitrogen and oxygen atoms in total. The highest BCUT2D eigenvalue weighted by atomic mass is 16.4. The first-order valence-corrected chi connectivity index (χ1v) is 7.47. The highest BCUT2D eigenvalue weighted by Crippen LogP contribution is 2.25. The Morgan fingerprint density at radius 2 is 1.91 bits per heavy atom. The molecule has 0 spiro atoms. The first kappa shape index (κ1) is 16.0. The van der Waals surface area contributed by atoms with Crippen molar-refractivity contribution < 1.29 is 20.1 Å². The first-order chi connectivity index (χ1) is 10.6. The molecule has 0 bridgehead atoms. The minimum Gasteiger partial charge on any atom is -0.506 e. The maximum Gasteiger partial charge on any atom is 0.353 e. The molecule has 2 rings (SSSR count). The Bertz CT molecular complexity index is 709. The second kappa shape index (κ2) is 7.61. The smallest absolute Gasteiger partial charge is 0.353 e. The topological polar surface area (TPSA) is 107 Å². The Balaban J connectivity index is 2.07. The van der Waals surface area contributed by atoms with E-state index >= 15 is 0 Å². The van der Waals surface area contributed by atoms with Gasteiger partial charge in [0.25, 0.3) is 5.91 Å². The number of benzene rings is 1. The van der Waals surface area contributed by atoms with E-state index in [4.69, 9.17) is 4.42 Å². The molecule has 0 aliphatic carbocycles. The van der Waals surface area contributed by atoms with Crippen molar-refractivity contribution in [1.29, 1.82) is 0 Å². The summed E-state index contributed by atoms with van der Waals surface area (Å²) < 4.78 is 5.07. The number of quaternary nitrogens is 1. The van der Waals surface area contributed by atoms with Crippen molar-refractivity contribution >= 4 is 16.9 Å². The molecular weight excluding hydrogens is 284 g/mol. The fraction of sp³-hybridized carbons (Fsp3) is 0.375. The zero-order chi connectivity index (χ0) is 15.9. The van der Waals surface area contributed by atoms with Gasteiger partial charge in [0.2, 0.25) is 0 Å². The summed E-state index contributed by atoms with van der Waals surface area (Å²) in [5.74, 6) is -0.935. The van der Waals surface area contributed by atoms with Crippen molar-refractivity contribution in [2.45, 2.75) is 25.7 Å². The van der Waals surface area contributed by atoms with Gasteiger partial charge in [-0.3, -0.25) is 4.79 Å². The molecule has 1 amide bonds. The van der Waals surface area contributed by atoms with Crippen molar-refractivity contribution in [3.8, 4) is 5.75 Å². The quantitative estimate of drug-likeness (QED) is 0.524. The molecule has 0 atom stereocenters. The third-order valence-corrected chi connectivity index (χ3v) is 3.48. The fourth-order valence-corrected chi connectivity index (χ4v) is 2.28. The predicted molar refractivity (Wildman–Crippen MR) is 82.7 cm³/mol. The first-order valence-electron chi connectivity index (χ1n) is 7.47. The standard InChI is InChI=1S/C16H20N2O4/c17-9-5-1-2-6-10-18-15(20)13-14(19)11-7-3-4-8-12(11)22-16(13)21/h3-4,7-8,19H,1-2,5-6,9-10,17H2,(H,18,20)/p+1. The van der Waals surface area contributed by atoms with E-state index in [0.717, 1.165) is 32.2 Å². The van der Waals surface area contributed by atoms with Crippen LogP contribution in [-0.2, 0) is 0 Å². The van der Waals surface area contributed by atoms with Crippen LogP contribution in [-0.4, -0.2) is 24.1 Å². The van der Waals surface area contributed by atoms with Crippen molar-refractivity contribution in [2.75, 3.05) is 13.1 Å². The molecule has 118 valence electrons. The Hall–Kier alpha value is -2.34. The van der Waals surface area contributed by atoms with Crippen LogP contribution in [0.1, 0.15) is 36.0 Å². The number of carbonyl (C=O) groups is 1. The van der Waals surface area contributed by atoms with Gasteiger partial charge < -0.3 is 20.6 Å². The van der Waals surface area contributed by atoms with Crippen molar-refractivity contribution in [2.24, 2.45) is 0 Å². The number of aromatic hydroxyl groups is 1. The molecule has 0 saturated heterocycles. The van der Waals surface area contributed by atoms with Crippen LogP contribution in [0.4, 0.5) is 0 Å². The predicted octanol–water partition coefficient (Wildman–Crippen LogP) is 1.03. The summed E-state index contributed by atoms with van der Waals surface area (Å²) >= 11 is 0. The molecule has 2 aromatic rings. The second-order valence-electron chi connectivity index (χ2n) is 5.13. The van der Waals surface area contributed by atoms with Gasteiger partial charge in [0.05, 0.1) is 11.9 Å². The van der Waals surface area contributed by atoms with Crippen LogP contribution in [0.15, 0.2) is 33.5 Å². The SMILES string of the molecule is [NH3+]CCCCCCNC(=O)c1c(O)c2ccccc2oc1=O. The lowest BCUT2D eigenvalue weighted by molar-refractivity contribution is -0.368. The van der Waals surface area contributed by atoms with Crippen LogP contribution in [0.3, 0.4) is 0 Å². The lowest BCUT2D eigenvalue weighted by Crippen LogP contribution is -2.50. The number of unbranched alkanes of at least 4 members (excludes halogenated alkanes) is 3. The maximum absolute atomic E-state index is 12.1. The van der Waals surface area contributed by atoms with E-state index in [1.165, 1.54) is 0 Å². The highest BCUT2D eigenvalue weighted by Gasteiger charge is 2.20. The van der Waals surface area contributed by atoms with E-state index in [9.17, 15) is 14.7 Å². The van der Waals surface area contributed by atoms with Gasteiger partial charge in [-0.25, -0.2) is 4.79 Å². The van der Waals surface area contributed by atoms with Crippen molar-refractivity contribution in [1.82, 2.24) is 5.32 Å². The van der Waals surface area contributed by atoms with Crippen LogP contribution in [0, 0.1) is 0 Å². The number of hydrogen-bond donors (Lipinski definition) is 3. The molecule has 22 heavy (non-hydrogen) atoms. The Morgan fingerprint density at radius 3 is 2.68 bits per heavy atom. The minimum atomic E-state index is -0.828. The van der Waals surface area contributed by atoms with Crippen molar-refractivity contribution in [3.05, 3.63) is 40.2 Å². The van der Waals surface area contributed by atoms with E-state index in [1.807, 2.05) is 0 Å². The van der Waals surface area contributed by atoms with Gasteiger partial charge in [0.1, 0.15) is 11.3 Å². The van der Waals surface area contributed by atoms with E-state index in [-0.39, 0.29) is 16.9 Å². The summed E-state index contributed by atoms with van der Waals surface area (Å²) in [4.78, 5) is 24.0. The van der Waals surface area contributed by atoms with Gasteiger partial charge in [-0.1, -0.05) is 18.6 Å². The molecule has 6 heteroatoms. The van der Waals surface area contributed by atoms with E-state index < -0.39 is 11.5 Å². The van der Waals surface area contributed by atoms with Crippen LogP contribution in [0.2, 0.25) is 0 Å². The third-order valence-electron chi connectivity index (χ3n) is 3.48. The van der Waals surface area contributed by atoms with Gasteiger partial charge in [-0.05, 0) is 31.4 Å². The molecule has 5 N–H and O–H groups in total. The lowest BCUT2D eigenvalue weighted by Gasteiger charge is -2.07. The highest BCUT2D eigenvalue weighted by molar-refractivity contribution is 6.01. The summed E-state index contributed by atoms with van der Waals surface area (Å²) in [6.07, 6.45) is 3.96. The molecule has 0 fully saturated rings. The lowest BCUT2D eigenvalue weighted by atomic mass is 10.1. The largest absolute Gasteiger partial charge is 0.506 e. The van der Waals surface area contributed by atoms with Gasteiger partial charge in [-0.15, -0.1) is 0 Å². The number of fused-ring (bicyclic) bond motifs is 1. The zero-order valence-electron chi connectivity index (χ0n) is 12.4. The fourth-order valence-electron chi connectivity index (χ4n) is 2.28.